The first-order valence-electron chi connectivity index (χ1n) is 21.8. The zero-order chi connectivity index (χ0) is 44.9. The van der Waals surface area contributed by atoms with Crippen molar-refractivity contribution in [2.24, 2.45) is 16.8 Å². The summed E-state index contributed by atoms with van der Waals surface area (Å²) in [6, 6.07) is 1.85. The number of hydroxylamine groups is 4. The van der Waals surface area contributed by atoms with E-state index < -0.39 is 77.3 Å². The lowest BCUT2D eigenvalue weighted by atomic mass is 9.88. The zero-order valence-electron chi connectivity index (χ0n) is 35.8. The van der Waals surface area contributed by atoms with E-state index in [1.54, 1.807) is 26.8 Å². The number of nitrogens with zero attached hydrogens (tertiary/aromatic N) is 3. The first-order valence-corrected chi connectivity index (χ1v) is 21.8. The Hall–Kier alpha value is -5.03. The van der Waals surface area contributed by atoms with E-state index in [0.29, 0.717) is 42.2 Å². The molecule has 17 nitrogen and oxygen atoms in total. The number of allylic oxidation sites excluding steroid dienone is 1. The number of carbonyl (C=O) groups is 6. The van der Waals surface area contributed by atoms with Crippen LogP contribution in [-0.4, -0.2) is 115 Å². The number of phenols is 2. The second kappa shape index (κ2) is 26.3. The average Bonchev–Trinajstić information content (AvgIpc) is 3.55. The Morgan fingerprint density at radius 1 is 1.02 bits per heavy atom. The average molecular weight is 859 g/mol. The Morgan fingerprint density at radius 3 is 2.39 bits per heavy atom. The van der Waals surface area contributed by atoms with Crippen LogP contribution >= 0.6 is 0 Å². The zero-order valence-corrected chi connectivity index (χ0v) is 35.8. The summed E-state index contributed by atoms with van der Waals surface area (Å²) < 4.78 is 11.6. The number of ketones is 1. The second-order valence-electron chi connectivity index (χ2n) is 16.1. The van der Waals surface area contributed by atoms with E-state index in [2.05, 4.69) is 10.3 Å². The number of unbranched alkanes of at least 4 members (excludes halogenated alkanes) is 9. The number of hydrogen-bond donors (Lipinski definition) is 6. The predicted molar refractivity (Wildman–Crippen MR) is 223 cm³/mol. The van der Waals surface area contributed by atoms with Crippen LogP contribution in [0.2, 0.25) is 0 Å². The van der Waals surface area contributed by atoms with Crippen molar-refractivity contribution in [3.8, 4) is 11.5 Å². The fourth-order valence-corrected chi connectivity index (χ4v) is 7.40. The second-order valence-corrected chi connectivity index (χ2v) is 16.1. The molecule has 1 aromatic carbocycles. The van der Waals surface area contributed by atoms with Crippen molar-refractivity contribution in [1.29, 1.82) is 0 Å². The number of carboxylic acid groups (broad SMARTS) is 1. The van der Waals surface area contributed by atoms with Gasteiger partial charge in [0.2, 0.25) is 17.7 Å². The predicted octanol–water partition coefficient (Wildman–Crippen LogP) is 5.98. The minimum absolute atomic E-state index is 0.0400. The minimum Gasteiger partial charge on any atom is -0.504 e. The third-order valence-corrected chi connectivity index (χ3v) is 11.2. The molecule has 1 saturated heterocycles. The third-order valence-electron chi connectivity index (χ3n) is 11.2. The van der Waals surface area contributed by atoms with Gasteiger partial charge in [-0.2, -0.15) is 0 Å². The van der Waals surface area contributed by atoms with E-state index in [1.165, 1.54) is 24.3 Å². The molecule has 6 atom stereocenters. The lowest BCUT2D eigenvalue weighted by Gasteiger charge is -2.27. The summed E-state index contributed by atoms with van der Waals surface area (Å²) in [7, 11) is 0. The van der Waals surface area contributed by atoms with Crippen LogP contribution in [0, 0.1) is 11.8 Å². The van der Waals surface area contributed by atoms with Gasteiger partial charge in [-0.05, 0) is 76.8 Å². The van der Waals surface area contributed by atoms with E-state index >= 15 is 0 Å². The Bertz CT molecular complexity index is 1680. The maximum Gasteiger partial charge on any atom is 0.328 e. The molecule has 61 heavy (non-hydrogen) atoms. The molecular formula is C44H66N4O13. The van der Waals surface area contributed by atoms with Gasteiger partial charge in [0, 0.05) is 37.9 Å². The van der Waals surface area contributed by atoms with Gasteiger partial charge in [0.1, 0.15) is 24.0 Å². The molecule has 0 spiro atoms. The van der Waals surface area contributed by atoms with Crippen molar-refractivity contribution < 1.29 is 64.0 Å². The molecule has 6 unspecified atom stereocenters. The number of hydrogen-bond acceptors (Lipinski definition) is 13. The molecule has 0 radical (unpaired) electrons. The fourth-order valence-electron chi connectivity index (χ4n) is 7.40. The van der Waals surface area contributed by atoms with Gasteiger partial charge < -0.3 is 30.1 Å². The van der Waals surface area contributed by atoms with Crippen LogP contribution in [-0.2, 0) is 38.2 Å². The van der Waals surface area contributed by atoms with Crippen molar-refractivity contribution in [2.75, 3.05) is 13.1 Å². The summed E-state index contributed by atoms with van der Waals surface area (Å²) in [6.07, 6.45) is 12.4. The molecular weight excluding hydrogens is 792 g/mol. The maximum atomic E-state index is 13.8. The van der Waals surface area contributed by atoms with E-state index in [-0.39, 0.29) is 68.9 Å². The number of benzene rings is 1. The molecule has 2 aliphatic rings. The van der Waals surface area contributed by atoms with Crippen LogP contribution in [0.5, 0.6) is 11.5 Å². The molecule has 0 aromatic heterocycles. The Labute approximate surface area is 358 Å². The molecule has 0 bridgehead atoms. The number of esters is 1. The van der Waals surface area contributed by atoms with Gasteiger partial charge >= 0.3 is 11.9 Å². The van der Waals surface area contributed by atoms with Gasteiger partial charge in [0.25, 0.3) is 5.91 Å². The van der Waals surface area contributed by atoms with Crippen LogP contribution in [0.4, 0.5) is 0 Å². The molecule has 3 rings (SSSR count). The number of carboxylic acids is 1. The van der Waals surface area contributed by atoms with E-state index in [9.17, 15) is 49.4 Å². The smallest absolute Gasteiger partial charge is 0.328 e. The molecule has 0 aliphatic carbocycles. The van der Waals surface area contributed by atoms with Gasteiger partial charge in [-0.15, -0.1) is 0 Å². The van der Waals surface area contributed by atoms with Crippen molar-refractivity contribution in [2.45, 2.75) is 161 Å². The van der Waals surface area contributed by atoms with Crippen LogP contribution in [0.3, 0.4) is 0 Å². The van der Waals surface area contributed by atoms with Crippen LogP contribution in [0.25, 0.3) is 0 Å². The van der Waals surface area contributed by atoms with Gasteiger partial charge in [-0.25, -0.2) is 19.9 Å². The number of ether oxygens (including phenoxy) is 2. The van der Waals surface area contributed by atoms with Crippen molar-refractivity contribution >= 4 is 41.3 Å². The van der Waals surface area contributed by atoms with E-state index in [0.717, 1.165) is 44.9 Å². The highest BCUT2D eigenvalue weighted by Crippen LogP contribution is 2.32. The number of aliphatic carboxylic acids is 1. The number of aliphatic imine (C=N–C) groups is 1. The SMILES string of the molecule is CCC(OC(=O)C(CCCCN(O)C(=O)/C=C/CCCCCCCCCCC(=O)O)NC(=O)C1N=C(c2cccc(O)c2O)OC1C)C(C)C(=O)CC1CCCCN(O)C1=O. The van der Waals surface area contributed by atoms with Crippen LogP contribution < -0.4 is 5.32 Å². The molecule has 17 heteroatoms. The number of nitrogens with one attached hydrogen (secondary N) is 1. The van der Waals surface area contributed by atoms with Gasteiger partial charge in [0.05, 0.1) is 11.5 Å². The molecule has 1 aromatic rings. The summed E-state index contributed by atoms with van der Waals surface area (Å²) in [6.45, 7) is 5.09. The lowest BCUT2D eigenvalue weighted by molar-refractivity contribution is -0.169. The van der Waals surface area contributed by atoms with Gasteiger partial charge in [0.15, 0.2) is 17.5 Å². The van der Waals surface area contributed by atoms with Gasteiger partial charge in [-0.1, -0.05) is 70.9 Å². The maximum absolute atomic E-state index is 13.8. The molecule has 3 amide bonds. The van der Waals surface area contributed by atoms with Crippen LogP contribution in [0.1, 0.15) is 142 Å². The summed E-state index contributed by atoms with van der Waals surface area (Å²) >= 11 is 0. The number of phenolic OH excluding ortho intramolecular Hbond substituents is 2. The summed E-state index contributed by atoms with van der Waals surface area (Å²) in [5.74, 6) is -6.09. The number of rotatable bonds is 27. The highest BCUT2D eigenvalue weighted by molar-refractivity contribution is 6.01. The van der Waals surface area contributed by atoms with Crippen molar-refractivity contribution in [1.82, 2.24) is 15.4 Å². The summed E-state index contributed by atoms with van der Waals surface area (Å²) in [5, 5.41) is 53.4. The first kappa shape index (κ1) is 50.3. The topological polar surface area (TPSA) is 253 Å². The van der Waals surface area contributed by atoms with Gasteiger partial charge in [-0.3, -0.25) is 34.4 Å². The molecule has 340 valence electrons. The number of amides is 3. The van der Waals surface area contributed by atoms with Crippen molar-refractivity contribution in [3.05, 3.63) is 35.9 Å². The third kappa shape index (κ3) is 16.7. The Balaban J connectivity index is 1.58. The quantitative estimate of drug-likeness (QED) is 0.0149. The lowest BCUT2D eigenvalue weighted by Crippen LogP contribution is -2.49. The minimum atomic E-state index is -1.23. The van der Waals surface area contributed by atoms with Crippen LogP contribution in [0.15, 0.2) is 35.3 Å². The molecule has 0 saturated carbocycles. The normalized spacial score (nSPS) is 19.4. The number of carbonyl (C=O) groups excluding carboxylic acids is 5. The summed E-state index contributed by atoms with van der Waals surface area (Å²) in [4.78, 5) is 80.9. The standard InChI is InChI=1S/C44H66N4O13/c1-4-36(29(2)35(50)28-31-20-15-17-27-48(59)43(31)56)61-44(57)33(45-41(55)39-30(3)60-42(46-39)32-21-19-23-34(49)40(32)54)22-16-18-26-47(58)37(51)24-13-11-9-7-5-6-8-10-12-14-25-38(52)53/h13,19,21,23-24,29-31,33,36,39,49,54,58-59H,4-12,14-18,20,22,25-28H2,1-3H3,(H,45,55)(H,52,53)/b24-13+. The fraction of sp³-hybridized carbons (Fsp3) is 0.659. The van der Waals surface area contributed by atoms with Crippen molar-refractivity contribution in [3.63, 3.8) is 0 Å². The Morgan fingerprint density at radius 2 is 1.70 bits per heavy atom. The molecule has 2 aliphatic heterocycles. The largest absolute Gasteiger partial charge is 0.504 e. The Kier molecular flexibility index (Phi) is 21.7. The number of aromatic hydroxyl groups is 2. The molecule has 6 N–H and O–H groups in total. The number of Topliss-reactive ketones (excluding diaryl/α,β-unsaturated/α-hetero) is 1. The van der Waals surface area contributed by atoms with E-state index in [4.69, 9.17) is 14.6 Å². The molecule has 2 heterocycles. The highest BCUT2D eigenvalue weighted by Gasteiger charge is 2.38. The highest BCUT2D eigenvalue weighted by atomic mass is 16.5. The molecule has 1 fully saturated rings. The first-order chi connectivity index (χ1) is 29.1. The number of para-hydroxylation sites is 1. The van der Waals surface area contributed by atoms with E-state index in [1.807, 2.05) is 0 Å². The summed E-state index contributed by atoms with van der Waals surface area (Å²) in [5.41, 5.74) is 0.0763. The monoisotopic (exact) mass is 858 g/mol.